The molecule has 1 atom stereocenters. The van der Waals surface area contributed by atoms with Crippen molar-refractivity contribution in [2.24, 2.45) is 0 Å². The second-order valence-electron chi connectivity index (χ2n) is 4.50. The first-order valence-corrected chi connectivity index (χ1v) is 6.77. The van der Waals surface area contributed by atoms with E-state index < -0.39 is 5.25 Å². The van der Waals surface area contributed by atoms with Gasteiger partial charge in [-0.1, -0.05) is 29.5 Å². The molecule has 0 bridgehead atoms. The fraction of sp³-hybridized carbons (Fsp3) is 0.308. The smallest absolute Gasteiger partial charge is 0.240 e. The number of carbonyl (C=O) groups excluding carboxylic acids is 2. The Balaban J connectivity index is 1.98. The Bertz CT molecular complexity index is 557. The SMILES string of the molecule is Cc1ccc(NC(=O)CC2SC(=N)NC2=O)c(C)c1. The van der Waals surface area contributed by atoms with Crippen molar-refractivity contribution in [1.82, 2.24) is 5.32 Å². The van der Waals surface area contributed by atoms with Crippen LogP contribution in [0.3, 0.4) is 0 Å². The van der Waals surface area contributed by atoms with E-state index in [4.69, 9.17) is 5.41 Å². The normalized spacial score (nSPS) is 18.3. The van der Waals surface area contributed by atoms with Crippen LogP contribution in [-0.4, -0.2) is 22.2 Å². The molecule has 2 rings (SSSR count). The van der Waals surface area contributed by atoms with Crippen molar-refractivity contribution in [3.8, 4) is 0 Å². The molecule has 3 N–H and O–H groups in total. The molecule has 0 radical (unpaired) electrons. The van der Waals surface area contributed by atoms with Gasteiger partial charge in [0.1, 0.15) is 5.25 Å². The van der Waals surface area contributed by atoms with Gasteiger partial charge in [-0.05, 0) is 25.5 Å². The van der Waals surface area contributed by atoms with Gasteiger partial charge in [-0.15, -0.1) is 0 Å². The molecule has 1 unspecified atom stereocenters. The number of rotatable bonds is 3. The van der Waals surface area contributed by atoms with E-state index in [0.29, 0.717) is 0 Å². The highest BCUT2D eigenvalue weighted by Gasteiger charge is 2.31. The minimum Gasteiger partial charge on any atom is -0.326 e. The minimum atomic E-state index is -0.502. The summed E-state index contributed by atoms with van der Waals surface area (Å²) in [5.74, 6) is -0.486. The first kappa shape index (κ1) is 13.6. The lowest BCUT2D eigenvalue weighted by molar-refractivity contribution is -0.122. The van der Waals surface area contributed by atoms with Crippen molar-refractivity contribution in [3.63, 3.8) is 0 Å². The summed E-state index contributed by atoms with van der Waals surface area (Å²) in [6, 6.07) is 5.77. The Morgan fingerprint density at radius 3 is 2.79 bits per heavy atom. The largest absolute Gasteiger partial charge is 0.326 e. The Hall–Kier alpha value is -1.82. The standard InChI is InChI=1S/C13H15N3O2S/c1-7-3-4-9(8(2)5-7)15-11(17)6-10-12(18)16-13(14)19-10/h3-5,10H,6H2,1-2H3,(H,15,17)(H2,14,16,18). The number of nitrogens with one attached hydrogen (secondary N) is 3. The summed E-state index contributed by atoms with van der Waals surface area (Å²) in [6.07, 6.45) is 0.0756. The molecular weight excluding hydrogens is 262 g/mol. The van der Waals surface area contributed by atoms with Crippen molar-refractivity contribution in [1.29, 1.82) is 5.41 Å². The van der Waals surface area contributed by atoms with E-state index in [9.17, 15) is 9.59 Å². The summed E-state index contributed by atoms with van der Waals surface area (Å²) < 4.78 is 0. The van der Waals surface area contributed by atoms with Crippen LogP contribution in [0.4, 0.5) is 5.69 Å². The Morgan fingerprint density at radius 2 is 2.21 bits per heavy atom. The number of amides is 2. The fourth-order valence-corrected chi connectivity index (χ4v) is 2.72. The fourth-order valence-electron chi connectivity index (χ4n) is 1.88. The van der Waals surface area contributed by atoms with E-state index in [-0.39, 0.29) is 23.4 Å². The van der Waals surface area contributed by atoms with E-state index in [1.54, 1.807) is 0 Å². The summed E-state index contributed by atoms with van der Waals surface area (Å²) >= 11 is 1.08. The molecule has 1 aromatic rings. The average Bonchev–Trinajstić information content (AvgIpc) is 2.61. The lowest BCUT2D eigenvalue weighted by Gasteiger charge is -2.10. The third kappa shape index (κ3) is 3.35. The highest BCUT2D eigenvalue weighted by atomic mass is 32.2. The molecule has 1 aliphatic rings. The van der Waals surface area contributed by atoms with Crippen molar-refractivity contribution in [2.45, 2.75) is 25.5 Å². The molecule has 6 heteroatoms. The van der Waals surface area contributed by atoms with Gasteiger partial charge in [0.25, 0.3) is 0 Å². The number of aryl methyl sites for hydroxylation is 2. The molecule has 1 heterocycles. The van der Waals surface area contributed by atoms with Crippen LogP contribution in [0.5, 0.6) is 0 Å². The van der Waals surface area contributed by atoms with Gasteiger partial charge >= 0.3 is 0 Å². The maximum absolute atomic E-state index is 11.9. The number of amidine groups is 1. The maximum atomic E-state index is 11.9. The zero-order chi connectivity index (χ0) is 14.0. The molecule has 0 spiro atoms. The molecule has 1 fully saturated rings. The van der Waals surface area contributed by atoms with E-state index in [1.165, 1.54) is 0 Å². The second kappa shape index (κ2) is 5.44. The van der Waals surface area contributed by atoms with Crippen LogP contribution in [0.1, 0.15) is 17.5 Å². The minimum absolute atomic E-state index is 0.0756. The van der Waals surface area contributed by atoms with Gasteiger partial charge in [-0.3, -0.25) is 15.0 Å². The van der Waals surface area contributed by atoms with Gasteiger partial charge < -0.3 is 10.6 Å². The number of hydrogen-bond donors (Lipinski definition) is 3. The third-order valence-corrected chi connectivity index (χ3v) is 3.82. The van der Waals surface area contributed by atoms with E-state index in [2.05, 4.69) is 10.6 Å². The monoisotopic (exact) mass is 277 g/mol. The van der Waals surface area contributed by atoms with Crippen LogP contribution in [0.15, 0.2) is 18.2 Å². The highest BCUT2D eigenvalue weighted by Crippen LogP contribution is 2.22. The van der Waals surface area contributed by atoms with Gasteiger partial charge in [0.15, 0.2) is 5.17 Å². The zero-order valence-corrected chi connectivity index (χ0v) is 11.6. The number of benzene rings is 1. The van der Waals surface area contributed by atoms with E-state index in [0.717, 1.165) is 28.6 Å². The number of carbonyl (C=O) groups is 2. The van der Waals surface area contributed by atoms with Gasteiger partial charge in [0, 0.05) is 12.1 Å². The lowest BCUT2D eigenvalue weighted by Crippen LogP contribution is -2.27. The molecule has 0 aliphatic carbocycles. The molecular formula is C13H15N3O2S. The third-order valence-electron chi connectivity index (χ3n) is 2.82. The molecule has 1 aliphatic heterocycles. The highest BCUT2D eigenvalue weighted by molar-refractivity contribution is 8.15. The number of hydrogen-bond acceptors (Lipinski definition) is 4. The Kier molecular flexibility index (Phi) is 3.90. The molecule has 1 aromatic carbocycles. The van der Waals surface area contributed by atoms with Gasteiger partial charge in [-0.25, -0.2) is 0 Å². The van der Waals surface area contributed by atoms with Gasteiger partial charge in [0.05, 0.1) is 0 Å². The van der Waals surface area contributed by atoms with Crippen LogP contribution in [0.2, 0.25) is 0 Å². The molecule has 1 saturated heterocycles. The first-order valence-electron chi connectivity index (χ1n) is 5.89. The predicted octanol–water partition coefficient (Wildman–Crippen LogP) is 1.80. The van der Waals surface area contributed by atoms with Crippen molar-refractivity contribution in [3.05, 3.63) is 29.3 Å². The topological polar surface area (TPSA) is 82.1 Å². The van der Waals surface area contributed by atoms with E-state index in [1.807, 2.05) is 32.0 Å². The average molecular weight is 277 g/mol. The van der Waals surface area contributed by atoms with Crippen LogP contribution >= 0.6 is 11.8 Å². The molecule has 5 nitrogen and oxygen atoms in total. The lowest BCUT2D eigenvalue weighted by atomic mass is 10.1. The molecule has 100 valence electrons. The number of thioether (sulfide) groups is 1. The maximum Gasteiger partial charge on any atom is 0.240 e. The molecule has 0 saturated carbocycles. The van der Waals surface area contributed by atoms with Crippen LogP contribution in [0.25, 0.3) is 0 Å². The molecule has 19 heavy (non-hydrogen) atoms. The summed E-state index contributed by atoms with van der Waals surface area (Å²) in [5.41, 5.74) is 2.88. The second-order valence-corrected chi connectivity index (χ2v) is 5.71. The summed E-state index contributed by atoms with van der Waals surface area (Å²) in [5, 5.41) is 12.1. The predicted molar refractivity (Wildman–Crippen MR) is 76.4 cm³/mol. The first-order chi connectivity index (χ1) is 8.95. The van der Waals surface area contributed by atoms with E-state index >= 15 is 0 Å². The van der Waals surface area contributed by atoms with Crippen LogP contribution in [0, 0.1) is 19.3 Å². The van der Waals surface area contributed by atoms with Crippen molar-refractivity contribution < 1.29 is 9.59 Å². The Labute approximate surface area is 115 Å². The zero-order valence-electron chi connectivity index (χ0n) is 10.7. The van der Waals surface area contributed by atoms with Crippen LogP contribution in [-0.2, 0) is 9.59 Å². The summed E-state index contributed by atoms with van der Waals surface area (Å²) in [4.78, 5) is 23.3. The summed E-state index contributed by atoms with van der Waals surface area (Å²) in [7, 11) is 0. The van der Waals surface area contributed by atoms with Gasteiger partial charge in [0.2, 0.25) is 11.8 Å². The van der Waals surface area contributed by atoms with Gasteiger partial charge in [-0.2, -0.15) is 0 Å². The molecule has 2 amide bonds. The molecule has 0 aromatic heterocycles. The van der Waals surface area contributed by atoms with Crippen molar-refractivity contribution >= 4 is 34.4 Å². The quantitative estimate of drug-likeness (QED) is 0.788. The Morgan fingerprint density at radius 1 is 1.47 bits per heavy atom. The summed E-state index contributed by atoms with van der Waals surface area (Å²) in [6.45, 7) is 3.92. The van der Waals surface area contributed by atoms with Crippen LogP contribution < -0.4 is 10.6 Å². The number of anilines is 1. The van der Waals surface area contributed by atoms with Crippen molar-refractivity contribution in [2.75, 3.05) is 5.32 Å².